The molecular formula is C15H24N2. The van der Waals surface area contributed by atoms with Gasteiger partial charge >= 0.3 is 0 Å². The Morgan fingerprint density at radius 3 is 2.88 bits per heavy atom. The monoisotopic (exact) mass is 232 g/mol. The van der Waals surface area contributed by atoms with Crippen LogP contribution < -0.4 is 10.2 Å². The molecular weight excluding hydrogens is 208 g/mol. The van der Waals surface area contributed by atoms with E-state index >= 15 is 0 Å². The molecule has 0 amide bonds. The fraction of sp³-hybridized carbons (Fsp3) is 0.600. The molecule has 1 aromatic rings. The Labute approximate surface area is 105 Å². The van der Waals surface area contributed by atoms with Gasteiger partial charge in [-0.2, -0.15) is 0 Å². The molecule has 1 heterocycles. The Hall–Kier alpha value is -1.02. The first-order valence-electron chi connectivity index (χ1n) is 6.77. The molecule has 0 fully saturated rings. The molecule has 0 aliphatic carbocycles. The highest BCUT2D eigenvalue weighted by molar-refractivity contribution is 5.60. The van der Waals surface area contributed by atoms with E-state index in [9.17, 15) is 0 Å². The number of benzene rings is 1. The van der Waals surface area contributed by atoms with Crippen LogP contribution in [0.2, 0.25) is 0 Å². The second-order valence-corrected chi connectivity index (χ2v) is 5.13. The highest BCUT2D eigenvalue weighted by Crippen LogP contribution is 2.38. The standard InChI is InChI=1S/C15H24N2/c1-4-9-17-11-13(10-12(2)16-3)14-7-5-6-8-15(14)17/h5-8,12-13,16H,4,9-11H2,1-3H3. The molecule has 0 saturated carbocycles. The van der Waals surface area contributed by atoms with Gasteiger partial charge in [0.05, 0.1) is 0 Å². The van der Waals surface area contributed by atoms with E-state index in [-0.39, 0.29) is 0 Å². The summed E-state index contributed by atoms with van der Waals surface area (Å²) < 4.78 is 0. The zero-order valence-corrected chi connectivity index (χ0v) is 11.2. The van der Waals surface area contributed by atoms with Gasteiger partial charge in [-0.1, -0.05) is 25.1 Å². The van der Waals surface area contributed by atoms with E-state index in [0.29, 0.717) is 12.0 Å². The van der Waals surface area contributed by atoms with Gasteiger partial charge in [-0.25, -0.2) is 0 Å². The number of nitrogens with zero attached hydrogens (tertiary/aromatic N) is 1. The van der Waals surface area contributed by atoms with Crippen molar-refractivity contribution in [2.24, 2.45) is 0 Å². The minimum atomic E-state index is 0.592. The number of hydrogen-bond acceptors (Lipinski definition) is 2. The van der Waals surface area contributed by atoms with Crippen LogP contribution in [0.4, 0.5) is 5.69 Å². The Kier molecular flexibility index (Phi) is 4.06. The van der Waals surface area contributed by atoms with Crippen molar-refractivity contribution in [2.75, 3.05) is 25.0 Å². The SMILES string of the molecule is CCCN1CC(CC(C)NC)c2ccccc21. The fourth-order valence-corrected chi connectivity index (χ4v) is 2.81. The summed E-state index contributed by atoms with van der Waals surface area (Å²) in [6.07, 6.45) is 2.45. The molecule has 94 valence electrons. The number of para-hydroxylation sites is 1. The van der Waals surface area contributed by atoms with Gasteiger partial charge < -0.3 is 10.2 Å². The van der Waals surface area contributed by atoms with Crippen molar-refractivity contribution in [3.8, 4) is 0 Å². The average molecular weight is 232 g/mol. The van der Waals surface area contributed by atoms with Crippen LogP contribution in [0.1, 0.15) is 38.2 Å². The van der Waals surface area contributed by atoms with Crippen LogP contribution in [0.5, 0.6) is 0 Å². The highest BCUT2D eigenvalue weighted by atomic mass is 15.2. The molecule has 2 atom stereocenters. The molecule has 17 heavy (non-hydrogen) atoms. The van der Waals surface area contributed by atoms with E-state index in [1.165, 1.54) is 31.6 Å². The van der Waals surface area contributed by atoms with E-state index in [1.54, 1.807) is 5.56 Å². The summed E-state index contributed by atoms with van der Waals surface area (Å²) in [6, 6.07) is 9.50. The Morgan fingerprint density at radius 2 is 2.18 bits per heavy atom. The van der Waals surface area contributed by atoms with Gasteiger partial charge in [-0.05, 0) is 38.4 Å². The topological polar surface area (TPSA) is 15.3 Å². The Balaban J connectivity index is 2.16. The molecule has 0 saturated heterocycles. The lowest BCUT2D eigenvalue weighted by atomic mass is 9.95. The van der Waals surface area contributed by atoms with Gasteiger partial charge in [0.15, 0.2) is 0 Å². The zero-order chi connectivity index (χ0) is 12.3. The van der Waals surface area contributed by atoms with Crippen LogP contribution >= 0.6 is 0 Å². The van der Waals surface area contributed by atoms with Gasteiger partial charge in [0.2, 0.25) is 0 Å². The minimum Gasteiger partial charge on any atom is -0.371 e. The third kappa shape index (κ3) is 2.63. The summed E-state index contributed by atoms with van der Waals surface area (Å²) in [5, 5.41) is 3.35. The first kappa shape index (κ1) is 12.4. The molecule has 0 bridgehead atoms. The molecule has 1 aliphatic heterocycles. The van der Waals surface area contributed by atoms with E-state index in [1.807, 2.05) is 0 Å². The van der Waals surface area contributed by atoms with Crippen LogP contribution in [0.3, 0.4) is 0 Å². The van der Waals surface area contributed by atoms with Crippen LogP contribution in [-0.2, 0) is 0 Å². The summed E-state index contributed by atoms with van der Waals surface area (Å²) in [7, 11) is 2.05. The molecule has 2 nitrogen and oxygen atoms in total. The largest absolute Gasteiger partial charge is 0.371 e. The van der Waals surface area contributed by atoms with Crippen molar-refractivity contribution in [3.05, 3.63) is 29.8 Å². The maximum Gasteiger partial charge on any atom is 0.0402 e. The molecule has 2 rings (SSSR count). The van der Waals surface area contributed by atoms with Crippen molar-refractivity contribution < 1.29 is 0 Å². The normalized spacial score (nSPS) is 20.4. The summed E-state index contributed by atoms with van der Waals surface area (Å²) in [6.45, 7) is 6.90. The van der Waals surface area contributed by atoms with Crippen molar-refractivity contribution in [3.63, 3.8) is 0 Å². The number of hydrogen-bond donors (Lipinski definition) is 1. The van der Waals surface area contributed by atoms with Crippen LogP contribution in [-0.4, -0.2) is 26.2 Å². The smallest absolute Gasteiger partial charge is 0.0402 e. The summed E-state index contributed by atoms with van der Waals surface area (Å²) in [5.74, 6) is 0.695. The number of fused-ring (bicyclic) bond motifs is 1. The highest BCUT2D eigenvalue weighted by Gasteiger charge is 2.28. The van der Waals surface area contributed by atoms with E-state index in [4.69, 9.17) is 0 Å². The third-order valence-electron chi connectivity index (χ3n) is 3.78. The van der Waals surface area contributed by atoms with Crippen LogP contribution in [0, 0.1) is 0 Å². The second-order valence-electron chi connectivity index (χ2n) is 5.13. The number of nitrogens with one attached hydrogen (secondary N) is 1. The van der Waals surface area contributed by atoms with Gasteiger partial charge in [-0.15, -0.1) is 0 Å². The molecule has 2 heteroatoms. The lowest BCUT2D eigenvalue weighted by Crippen LogP contribution is -2.27. The number of rotatable bonds is 5. The summed E-state index contributed by atoms with van der Waals surface area (Å²) in [4.78, 5) is 2.54. The zero-order valence-electron chi connectivity index (χ0n) is 11.2. The van der Waals surface area contributed by atoms with E-state index in [0.717, 1.165) is 0 Å². The van der Waals surface area contributed by atoms with E-state index in [2.05, 4.69) is 55.4 Å². The molecule has 1 N–H and O–H groups in total. The van der Waals surface area contributed by atoms with Crippen molar-refractivity contribution in [1.82, 2.24) is 5.32 Å². The van der Waals surface area contributed by atoms with Crippen LogP contribution in [0.25, 0.3) is 0 Å². The fourth-order valence-electron chi connectivity index (χ4n) is 2.81. The molecule has 0 aromatic heterocycles. The lowest BCUT2D eigenvalue weighted by Gasteiger charge is -2.20. The Morgan fingerprint density at radius 1 is 1.41 bits per heavy atom. The third-order valence-corrected chi connectivity index (χ3v) is 3.78. The van der Waals surface area contributed by atoms with Gasteiger partial charge in [0, 0.05) is 30.7 Å². The minimum absolute atomic E-state index is 0.592. The van der Waals surface area contributed by atoms with Crippen molar-refractivity contribution >= 4 is 5.69 Å². The van der Waals surface area contributed by atoms with Gasteiger partial charge in [-0.3, -0.25) is 0 Å². The van der Waals surface area contributed by atoms with Gasteiger partial charge in [0.25, 0.3) is 0 Å². The molecule has 0 radical (unpaired) electrons. The van der Waals surface area contributed by atoms with Crippen LogP contribution in [0.15, 0.2) is 24.3 Å². The predicted octanol–water partition coefficient (Wildman–Crippen LogP) is 3.00. The molecule has 1 aliphatic rings. The lowest BCUT2D eigenvalue weighted by molar-refractivity contribution is 0.505. The quantitative estimate of drug-likeness (QED) is 0.839. The molecule has 0 spiro atoms. The molecule has 2 unspecified atom stereocenters. The maximum absolute atomic E-state index is 3.35. The van der Waals surface area contributed by atoms with E-state index < -0.39 is 0 Å². The summed E-state index contributed by atoms with van der Waals surface area (Å²) in [5.41, 5.74) is 3.01. The number of anilines is 1. The Bertz CT molecular complexity index is 362. The molecule has 1 aromatic carbocycles. The van der Waals surface area contributed by atoms with Gasteiger partial charge in [0.1, 0.15) is 0 Å². The average Bonchev–Trinajstić information content (AvgIpc) is 2.69. The maximum atomic E-state index is 3.35. The predicted molar refractivity (Wildman–Crippen MR) is 74.8 cm³/mol. The van der Waals surface area contributed by atoms with Crippen molar-refractivity contribution in [1.29, 1.82) is 0 Å². The second kappa shape index (κ2) is 5.54. The van der Waals surface area contributed by atoms with Crippen molar-refractivity contribution in [2.45, 2.75) is 38.6 Å². The first-order valence-corrected chi connectivity index (χ1v) is 6.77. The summed E-state index contributed by atoms with van der Waals surface area (Å²) >= 11 is 0. The first-order chi connectivity index (χ1) is 8.26.